The van der Waals surface area contributed by atoms with Crippen LogP contribution < -0.4 is 4.90 Å². The average molecular weight is 288 g/mol. The number of nitrogens with zero attached hydrogens (tertiary/aromatic N) is 2. The van der Waals surface area contributed by atoms with E-state index in [2.05, 4.69) is 4.98 Å². The Kier molecular flexibility index (Phi) is 3.33. The van der Waals surface area contributed by atoms with Gasteiger partial charge in [-0.05, 0) is 18.6 Å². The number of alkyl halides is 3. The predicted molar refractivity (Wildman–Crippen MR) is 65.3 cm³/mol. The first-order valence-corrected chi connectivity index (χ1v) is 6.55. The molecule has 0 aromatic carbocycles. The third kappa shape index (κ3) is 2.60. The number of piperidine rings is 1. The molecule has 2 saturated heterocycles. The summed E-state index contributed by atoms with van der Waals surface area (Å²) in [4.78, 5) is 5.83. The van der Waals surface area contributed by atoms with Crippen LogP contribution in [-0.2, 0) is 15.7 Å². The molecule has 2 aliphatic heterocycles. The quantitative estimate of drug-likeness (QED) is 0.795. The molecule has 0 aliphatic carbocycles. The number of rotatable bonds is 1. The number of aromatic nitrogens is 1. The van der Waals surface area contributed by atoms with Gasteiger partial charge in [-0.1, -0.05) is 0 Å². The molecule has 1 spiro atoms. The highest BCUT2D eigenvalue weighted by Crippen LogP contribution is 2.33. The van der Waals surface area contributed by atoms with E-state index in [4.69, 9.17) is 9.47 Å². The van der Waals surface area contributed by atoms with Gasteiger partial charge < -0.3 is 14.4 Å². The summed E-state index contributed by atoms with van der Waals surface area (Å²) in [6, 6.07) is 2.46. The Labute approximate surface area is 114 Å². The van der Waals surface area contributed by atoms with E-state index in [1.807, 2.05) is 4.90 Å². The Balaban J connectivity index is 1.75. The van der Waals surface area contributed by atoms with Gasteiger partial charge in [-0.2, -0.15) is 13.2 Å². The van der Waals surface area contributed by atoms with Crippen molar-refractivity contribution in [3.05, 3.63) is 23.9 Å². The minimum atomic E-state index is -4.35. The summed E-state index contributed by atoms with van der Waals surface area (Å²) in [7, 11) is 0. The topological polar surface area (TPSA) is 34.6 Å². The van der Waals surface area contributed by atoms with Gasteiger partial charge in [0.25, 0.3) is 0 Å². The van der Waals surface area contributed by atoms with Gasteiger partial charge >= 0.3 is 6.18 Å². The molecule has 110 valence electrons. The van der Waals surface area contributed by atoms with Crippen LogP contribution in [0.2, 0.25) is 0 Å². The highest BCUT2D eigenvalue weighted by molar-refractivity contribution is 5.40. The predicted octanol–water partition coefficient (Wildman–Crippen LogP) is 2.44. The third-order valence-electron chi connectivity index (χ3n) is 3.63. The van der Waals surface area contributed by atoms with Gasteiger partial charge in [0.15, 0.2) is 5.79 Å². The van der Waals surface area contributed by atoms with E-state index in [1.165, 1.54) is 6.07 Å². The lowest BCUT2D eigenvalue weighted by atomic mass is 10.0. The highest BCUT2D eigenvalue weighted by atomic mass is 19.4. The van der Waals surface area contributed by atoms with Gasteiger partial charge in [-0.25, -0.2) is 4.98 Å². The van der Waals surface area contributed by atoms with Crippen LogP contribution in [0.4, 0.5) is 19.0 Å². The van der Waals surface area contributed by atoms with Crippen LogP contribution in [0.15, 0.2) is 18.3 Å². The largest absolute Gasteiger partial charge is 0.417 e. The molecule has 0 radical (unpaired) electrons. The molecule has 1 aromatic rings. The van der Waals surface area contributed by atoms with Crippen LogP contribution >= 0.6 is 0 Å². The van der Waals surface area contributed by atoms with Crippen molar-refractivity contribution in [2.24, 2.45) is 0 Å². The second kappa shape index (κ2) is 4.89. The molecule has 2 aliphatic rings. The Morgan fingerprint density at radius 1 is 1.20 bits per heavy atom. The first-order chi connectivity index (χ1) is 9.49. The van der Waals surface area contributed by atoms with Crippen molar-refractivity contribution < 1.29 is 22.6 Å². The molecule has 3 rings (SSSR count). The smallest absolute Gasteiger partial charge is 0.351 e. The van der Waals surface area contributed by atoms with Crippen LogP contribution in [0.3, 0.4) is 0 Å². The zero-order valence-electron chi connectivity index (χ0n) is 10.8. The number of hydrogen-bond donors (Lipinski definition) is 0. The fourth-order valence-electron chi connectivity index (χ4n) is 2.66. The lowest BCUT2D eigenvalue weighted by Gasteiger charge is -2.39. The summed E-state index contributed by atoms with van der Waals surface area (Å²) in [5, 5.41) is 0. The van der Waals surface area contributed by atoms with Gasteiger partial charge in [0, 0.05) is 19.2 Å². The summed E-state index contributed by atoms with van der Waals surface area (Å²) in [6.07, 6.45) is -1.81. The lowest BCUT2D eigenvalue weighted by Crippen LogP contribution is -2.49. The average Bonchev–Trinajstić information content (AvgIpc) is 2.86. The minimum absolute atomic E-state index is 0.505. The molecular weight excluding hydrogens is 273 g/mol. The van der Waals surface area contributed by atoms with E-state index in [1.54, 1.807) is 0 Å². The molecule has 7 heteroatoms. The monoisotopic (exact) mass is 288 g/mol. The van der Waals surface area contributed by atoms with Crippen molar-refractivity contribution in [3.63, 3.8) is 0 Å². The van der Waals surface area contributed by atoms with Crippen LogP contribution in [0, 0.1) is 0 Å². The van der Waals surface area contributed by atoms with Gasteiger partial charge in [-0.3, -0.25) is 0 Å². The van der Waals surface area contributed by atoms with Crippen LogP contribution in [0.25, 0.3) is 0 Å². The lowest BCUT2D eigenvalue weighted by molar-refractivity contribution is -0.161. The molecule has 0 amide bonds. The van der Waals surface area contributed by atoms with Gasteiger partial charge in [-0.15, -0.1) is 0 Å². The summed E-state index contributed by atoms with van der Waals surface area (Å²) < 4.78 is 48.8. The van der Waals surface area contributed by atoms with E-state index >= 15 is 0 Å². The highest BCUT2D eigenvalue weighted by Gasteiger charge is 2.41. The first-order valence-electron chi connectivity index (χ1n) is 6.55. The van der Waals surface area contributed by atoms with Crippen molar-refractivity contribution in [2.75, 3.05) is 31.2 Å². The van der Waals surface area contributed by atoms with E-state index in [0.717, 1.165) is 31.6 Å². The van der Waals surface area contributed by atoms with Crippen molar-refractivity contribution in [2.45, 2.75) is 24.8 Å². The number of hydrogen-bond acceptors (Lipinski definition) is 4. The van der Waals surface area contributed by atoms with E-state index in [-0.39, 0.29) is 0 Å². The molecule has 2 fully saturated rings. The maximum Gasteiger partial charge on any atom is 0.417 e. The SMILES string of the molecule is FC(F)(F)c1ccc(N2CCCC3(C2)OCCO3)nc1. The molecule has 0 bridgehead atoms. The number of ether oxygens (including phenoxy) is 2. The number of pyridine rings is 1. The number of anilines is 1. The molecular formula is C13H15F3N2O2. The second-order valence-corrected chi connectivity index (χ2v) is 5.04. The van der Waals surface area contributed by atoms with Crippen LogP contribution in [-0.4, -0.2) is 37.1 Å². The van der Waals surface area contributed by atoms with Crippen molar-refractivity contribution >= 4 is 5.82 Å². The van der Waals surface area contributed by atoms with Gasteiger partial charge in [0.2, 0.25) is 0 Å². The normalized spacial score (nSPS) is 22.4. The Morgan fingerprint density at radius 3 is 2.55 bits per heavy atom. The van der Waals surface area contributed by atoms with E-state index < -0.39 is 17.5 Å². The molecule has 0 unspecified atom stereocenters. The Bertz CT molecular complexity index is 469. The molecule has 0 atom stereocenters. The van der Waals surface area contributed by atoms with Gasteiger partial charge in [0.05, 0.1) is 25.3 Å². The fourth-order valence-corrected chi connectivity index (χ4v) is 2.66. The Hall–Kier alpha value is -1.34. The Morgan fingerprint density at radius 2 is 1.95 bits per heavy atom. The fraction of sp³-hybridized carbons (Fsp3) is 0.615. The number of halogens is 3. The summed E-state index contributed by atoms with van der Waals surface area (Å²) in [6.45, 7) is 2.38. The summed E-state index contributed by atoms with van der Waals surface area (Å²) >= 11 is 0. The van der Waals surface area contributed by atoms with Gasteiger partial charge in [0.1, 0.15) is 5.82 Å². The second-order valence-electron chi connectivity index (χ2n) is 5.04. The summed E-state index contributed by atoms with van der Waals surface area (Å²) in [5.74, 6) is -0.0843. The zero-order chi connectivity index (χ0) is 14.2. The van der Waals surface area contributed by atoms with E-state index in [0.29, 0.717) is 25.6 Å². The summed E-state index contributed by atoms with van der Waals surface area (Å²) in [5.41, 5.74) is -0.735. The molecule has 3 heterocycles. The standard InChI is InChI=1S/C13H15F3N2O2/c14-13(15,16)10-2-3-11(17-8-10)18-5-1-4-12(9-18)19-6-7-20-12/h2-3,8H,1,4-7,9H2. The molecule has 20 heavy (non-hydrogen) atoms. The zero-order valence-corrected chi connectivity index (χ0v) is 10.8. The molecule has 4 nitrogen and oxygen atoms in total. The van der Waals surface area contributed by atoms with E-state index in [9.17, 15) is 13.2 Å². The van der Waals surface area contributed by atoms with Crippen LogP contribution in [0.1, 0.15) is 18.4 Å². The van der Waals surface area contributed by atoms with Crippen molar-refractivity contribution in [3.8, 4) is 0 Å². The first kappa shape index (κ1) is 13.6. The molecule has 1 aromatic heterocycles. The minimum Gasteiger partial charge on any atom is -0.351 e. The third-order valence-corrected chi connectivity index (χ3v) is 3.63. The molecule has 0 saturated carbocycles. The van der Waals surface area contributed by atoms with Crippen molar-refractivity contribution in [1.82, 2.24) is 4.98 Å². The molecule has 0 N–H and O–H groups in total. The maximum atomic E-state index is 12.5. The maximum absolute atomic E-state index is 12.5. The van der Waals surface area contributed by atoms with Crippen molar-refractivity contribution in [1.29, 1.82) is 0 Å². The van der Waals surface area contributed by atoms with Crippen LogP contribution in [0.5, 0.6) is 0 Å².